The fraction of sp³-hybridized carbons (Fsp3) is 0.368. The van der Waals surface area contributed by atoms with E-state index in [1.165, 1.54) is 6.07 Å². The number of alkyl halides is 3. The minimum atomic E-state index is -4.40. The van der Waals surface area contributed by atoms with Crippen molar-refractivity contribution in [1.82, 2.24) is 9.88 Å². The van der Waals surface area contributed by atoms with E-state index in [1.54, 1.807) is 29.2 Å². The summed E-state index contributed by atoms with van der Waals surface area (Å²) in [7, 11) is 0. The van der Waals surface area contributed by atoms with Crippen LogP contribution < -0.4 is 15.0 Å². The highest BCUT2D eigenvalue weighted by molar-refractivity contribution is 5.89. The first-order valence-corrected chi connectivity index (χ1v) is 8.94. The van der Waals surface area contributed by atoms with Crippen molar-refractivity contribution in [1.29, 1.82) is 0 Å². The van der Waals surface area contributed by atoms with Gasteiger partial charge in [0.1, 0.15) is 11.6 Å². The smallest absolute Gasteiger partial charge is 0.417 e. The van der Waals surface area contributed by atoms with Gasteiger partial charge in [-0.25, -0.2) is 9.78 Å². The van der Waals surface area contributed by atoms with E-state index >= 15 is 0 Å². The van der Waals surface area contributed by atoms with Gasteiger partial charge in [-0.15, -0.1) is 0 Å². The van der Waals surface area contributed by atoms with Crippen LogP contribution in [0.25, 0.3) is 0 Å². The number of pyridine rings is 1. The Morgan fingerprint density at radius 2 is 1.79 bits per heavy atom. The van der Waals surface area contributed by atoms with Gasteiger partial charge in [-0.05, 0) is 43.3 Å². The van der Waals surface area contributed by atoms with Gasteiger partial charge in [0.15, 0.2) is 0 Å². The van der Waals surface area contributed by atoms with Crippen LogP contribution in [0, 0.1) is 0 Å². The highest BCUT2D eigenvalue weighted by atomic mass is 19.4. The minimum Gasteiger partial charge on any atom is -0.494 e. The van der Waals surface area contributed by atoms with E-state index in [-0.39, 0.29) is 6.03 Å². The maximum absolute atomic E-state index is 12.6. The number of carbonyl (C=O) groups excluding carboxylic acids is 1. The Balaban J connectivity index is 1.52. The Labute approximate surface area is 160 Å². The number of hydrogen-bond acceptors (Lipinski definition) is 4. The van der Waals surface area contributed by atoms with Gasteiger partial charge in [-0.3, -0.25) is 0 Å². The Morgan fingerprint density at radius 3 is 2.32 bits per heavy atom. The first kappa shape index (κ1) is 19.8. The third-order valence-corrected chi connectivity index (χ3v) is 4.38. The molecular weight excluding hydrogens is 373 g/mol. The Morgan fingerprint density at radius 1 is 1.11 bits per heavy atom. The third-order valence-electron chi connectivity index (χ3n) is 4.38. The lowest BCUT2D eigenvalue weighted by atomic mass is 10.2. The number of carbonyl (C=O) groups is 1. The van der Waals surface area contributed by atoms with Gasteiger partial charge < -0.3 is 19.9 Å². The van der Waals surface area contributed by atoms with E-state index in [4.69, 9.17) is 4.74 Å². The first-order valence-electron chi connectivity index (χ1n) is 8.94. The van der Waals surface area contributed by atoms with Crippen LogP contribution in [0.4, 0.5) is 29.5 Å². The summed E-state index contributed by atoms with van der Waals surface area (Å²) >= 11 is 0. The van der Waals surface area contributed by atoms with Crippen molar-refractivity contribution in [3.8, 4) is 5.75 Å². The molecule has 0 unspecified atom stereocenters. The van der Waals surface area contributed by atoms with Crippen molar-refractivity contribution in [3.63, 3.8) is 0 Å². The summed E-state index contributed by atoms with van der Waals surface area (Å²) in [6.45, 7) is 4.36. The summed E-state index contributed by atoms with van der Waals surface area (Å²) in [4.78, 5) is 19.8. The lowest BCUT2D eigenvalue weighted by molar-refractivity contribution is -0.137. The lowest BCUT2D eigenvalue weighted by Gasteiger charge is -2.35. The lowest BCUT2D eigenvalue weighted by Crippen LogP contribution is -2.50. The second-order valence-electron chi connectivity index (χ2n) is 6.26. The molecule has 28 heavy (non-hydrogen) atoms. The minimum absolute atomic E-state index is 0.218. The quantitative estimate of drug-likeness (QED) is 0.856. The summed E-state index contributed by atoms with van der Waals surface area (Å²) in [5, 5.41) is 2.83. The summed E-state index contributed by atoms with van der Waals surface area (Å²) < 4.78 is 43.3. The molecule has 2 amide bonds. The normalized spacial score (nSPS) is 14.7. The van der Waals surface area contributed by atoms with E-state index in [1.807, 2.05) is 11.8 Å². The highest BCUT2D eigenvalue weighted by Crippen LogP contribution is 2.29. The zero-order chi connectivity index (χ0) is 20.1. The molecule has 1 N–H and O–H groups in total. The summed E-state index contributed by atoms with van der Waals surface area (Å²) in [6.07, 6.45) is -3.57. The van der Waals surface area contributed by atoms with Gasteiger partial charge in [0.05, 0.1) is 12.2 Å². The summed E-state index contributed by atoms with van der Waals surface area (Å²) in [5.41, 5.74) is -0.107. The molecule has 2 heterocycles. The van der Waals surface area contributed by atoms with Crippen molar-refractivity contribution < 1.29 is 22.7 Å². The van der Waals surface area contributed by atoms with Crippen molar-refractivity contribution in [2.45, 2.75) is 13.1 Å². The monoisotopic (exact) mass is 394 g/mol. The fourth-order valence-corrected chi connectivity index (χ4v) is 2.88. The maximum atomic E-state index is 12.6. The van der Waals surface area contributed by atoms with Crippen LogP contribution in [0.15, 0.2) is 42.6 Å². The number of urea groups is 1. The second kappa shape index (κ2) is 8.37. The SMILES string of the molecule is CCOc1ccc(NC(=O)N2CCN(c3ccc(C(F)(F)F)cn3)CC2)cc1. The molecule has 0 saturated carbocycles. The van der Waals surface area contributed by atoms with E-state index in [9.17, 15) is 18.0 Å². The number of nitrogens with zero attached hydrogens (tertiary/aromatic N) is 3. The standard InChI is InChI=1S/C19H21F3N4O2/c1-2-28-16-6-4-15(5-7-16)24-18(27)26-11-9-25(10-12-26)17-8-3-14(13-23-17)19(20,21)22/h3-8,13H,2,9-12H2,1H3,(H,24,27). The number of nitrogens with one attached hydrogen (secondary N) is 1. The van der Waals surface area contributed by atoms with Gasteiger partial charge in [0.2, 0.25) is 0 Å². The van der Waals surface area contributed by atoms with Crippen LogP contribution >= 0.6 is 0 Å². The van der Waals surface area contributed by atoms with E-state index in [0.29, 0.717) is 44.3 Å². The van der Waals surface area contributed by atoms with Gasteiger partial charge in [-0.2, -0.15) is 13.2 Å². The zero-order valence-corrected chi connectivity index (χ0v) is 15.4. The molecule has 1 fully saturated rings. The van der Waals surface area contributed by atoms with E-state index in [0.717, 1.165) is 18.0 Å². The van der Waals surface area contributed by atoms with E-state index < -0.39 is 11.7 Å². The van der Waals surface area contributed by atoms with Crippen LogP contribution in [0.2, 0.25) is 0 Å². The number of anilines is 2. The number of ether oxygens (including phenoxy) is 1. The third kappa shape index (κ3) is 4.85. The molecule has 1 aliphatic rings. The maximum Gasteiger partial charge on any atom is 0.417 e. The molecule has 1 aliphatic heterocycles. The largest absolute Gasteiger partial charge is 0.494 e. The molecule has 0 spiro atoms. The van der Waals surface area contributed by atoms with Crippen LogP contribution in [0.5, 0.6) is 5.75 Å². The molecule has 3 rings (SSSR count). The fourth-order valence-electron chi connectivity index (χ4n) is 2.88. The molecule has 9 heteroatoms. The molecule has 2 aromatic rings. The predicted octanol–water partition coefficient (Wildman–Crippen LogP) is 3.85. The number of halogens is 3. The van der Waals surface area contributed by atoms with Gasteiger partial charge >= 0.3 is 12.2 Å². The van der Waals surface area contributed by atoms with Crippen molar-refractivity contribution in [2.24, 2.45) is 0 Å². The van der Waals surface area contributed by atoms with Crippen LogP contribution in [-0.4, -0.2) is 48.7 Å². The first-order chi connectivity index (χ1) is 13.4. The second-order valence-corrected chi connectivity index (χ2v) is 6.26. The number of amides is 2. The molecule has 0 bridgehead atoms. The highest BCUT2D eigenvalue weighted by Gasteiger charge is 2.31. The van der Waals surface area contributed by atoms with Gasteiger partial charge in [-0.1, -0.05) is 0 Å². The van der Waals surface area contributed by atoms with Crippen molar-refractivity contribution in [2.75, 3.05) is 43.0 Å². The number of benzene rings is 1. The summed E-state index contributed by atoms with van der Waals surface area (Å²) in [6, 6.07) is 9.27. The van der Waals surface area contributed by atoms with Crippen LogP contribution in [-0.2, 0) is 6.18 Å². The number of piperazine rings is 1. The average molecular weight is 394 g/mol. The molecule has 0 radical (unpaired) electrons. The zero-order valence-electron chi connectivity index (χ0n) is 15.4. The van der Waals surface area contributed by atoms with E-state index in [2.05, 4.69) is 10.3 Å². The Hall–Kier alpha value is -2.97. The molecule has 150 valence electrons. The molecule has 1 aromatic heterocycles. The molecule has 1 saturated heterocycles. The Bertz CT molecular complexity index is 786. The number of aromatic nitrogens is 1. The molecule has 0 aliphatic carbocycles. The average Bonchev–Trinajstić information content (AvgIpc) is 2.69. The predicted molar refractivity (Wildman–Crippen MR) is 99.7 cm³/mol. The Kier molecular flexibility index (Phi) is 5.91. The molecular formula is C19H21F3N4O2. The number of rotatable bonds is 4. The number of hydrogen-bond donors (Lipinski definition) is 1. The molecule has 1 aromatic carbocycles. The van der Waals surface area contributed by atoms with Crippen LogP contribution in [0.1, 0.15) is 12.5 Å². The van der Waals surface area contributed by atoms with Gasteiger partial charge in [0, 0.05) is 38.1 Å². The van der Waals surface area contributed by atoms with Crippen molar-refractivity contribution in [3.05, 3.63) is 48.2 Å². The van der Waals surface area contributed by atoms with Gasteiger partial charge in [0.25, 0.3) is 0 Å². The van der Waals surface area contributed by atoms with Crippen molar-refractivity contribution >= 4 is 17.5 Å². The summed E-state index contributed by atoms with van der Waals surface area (Å²) in [5.74, 6) is 1.21. The van der Waals surface area contributed by atoms with Crippen LogP contribution in [0.3, 0.4) is 0 Å². The topological polar surface area (TPSA) is 57.7 Å². The molecule has 0 atom stereocenters. The molecule has 6 nitrogen and oxygen atoms in total.